The number of hydrogen-bond acceptors (Lipinski definition) is 3. The van der Waals surface area contributed by atoms with Gasteiger partial charge in [-0.25, -0.2) is 4.98 Å². The molecule has 0 fully saturated rings. The maximum atomic E-state index is 11.6. The topological polar surface area (TPSA) is 57.8 Å². The van der Waals surface area contributed by atoms with Crippen LogP contribution in [0.5, 0.6) is 0 Å². The average molecular weight is 207 g/mol. The molecule has 15 heavy (non-hydrogen) atoms. The molecule has 1 aromatic rings. The minimum Gasteiger partial charge on any atom is -0.310 e. The van der Waals surface area contributed by atoms with Gasteiger partial charge in [0.15, 0.2) is 0 Å². The van der Waals surface area contributed by atoms with Gasteiger partial charge in [-0.3, -0.25) is 4.79 Å². The van der Waals surface area contributed by atoms with Gasteiger partial charge in [0.25, 0.3) is 5.56 Å². The number of H-pyrrole nitrogens is 1. The van der Waals surface area contributed by atoms with Crippen LogP contribution in [0, 0.1) is 5.92 Å². The van der Waals surface area contributed by atoms with Crippen molar-refractivity contribution in [3.63, 3.8) is 0 Å². The summed E-state index contributed by atoms with van der Waals surface area (Å²) < 4.78 is 0. The second-order valence-corrected chi connectivity index (χ2v) is 4.47. The minimum atomic E-state index is 0.0313. The first kappa shape index (κ1) is 10.4. The van der Waals surface area contributed by atoms with Crippen molar-refractivity contribution in [2.45, 2.75) is 39.8 Å². The van der Waals surface area contributed by atoms with Crippen LogP contribution in [0.4, 0.5) is 0 Å². The smallest absolute Gasteiger partial charge is 0.255 e. The second-order valence-electron chi connectivity index (χ2n) is 4.47. The van der Waals surface area contributed by atoms with Crippen molar-refractivity contribution in [1.82, 2.24) is 15.3 Å². The van der Waals surface area contributed by atoms with Gasteiger partial charge in [0.1, 0.15) is 5.82 Å². The number of aryl methyl sites for hydroxylation is 1. The van der Waals surface area contributed by atoms with Gasteiger partial charge in [-0.15, -0.1) is 0 Å². The molecule has 82 valence electrons. The summed E-state index contributed by atoms with van der Waals surface area (Å²) in [6, 6.07) is 0. The maximum Gasteiger partial charge on any atom is 0.255 e. The van der Waals surface area contributed by atoms with Crippen LogP contribution >= 0.6 is 0 Å². The van der Waals surface area contributed by atoms with Crippen LogP contribution in [0.25, 0.3) is 0 Å². The predicted octanol–water partition coefficient (Wildman–Crippen LogP) is 0.962. The molecule has 2 rings (SSSR count). The van der Waals surface area contributed by atoms with Gasteiger partial charge < -0.3 is 10.3 Å². The van der Waals surface area contributed by atoms with Crippen molar-refractivity contribution < 1.29 is 0 Å². The molecule has 1 aliphatic heterocycles. The third kappa shape index (κ3) is 2.26. The van der Waals surface area contributed by atoms with E-state index in [-0.39, 0.29) is 5.56 Å². The van der Waals surface area contributed by atoms with E-state index in [1.54, 1.807) is 0 Å². The second kappa shape index (κ2) is 4.14. The summed E-state index contributed by atoms with van der Waals surface area (Å²) >= 11 is 0. The molecular formula is C11H17N3O. The van der Waals surface area contributed by atoms with Gasteiger partial charge in [-0.1, -0.05) is 13.8 Å². The Morgan fingerprint density at radius 2 is 2.20 bits per heavy atom. The number of fused-ring (bicyclic) bond motifs is 1. The van der Waals surface area contributed by atoms with Crippen molar-refractivity contribution >= 4 is 0 Å². The molecular weight excluding hydrogens is 190 g/mol. The Kier molecular flexibility index (Phi) is 2.86. The standard InChI is InChI=1S/C11H17N3O/c1-7(2)3-4-10-13-9-6-12-5-8(9)11(15)14-10/h7,12H,3-6H2,1-2H3,(H,13,14,15). The molecule has 1 aliphatic rings. The van der Waals surface area contributed by atoms with Crippen LogP contribution in [-0.2, 0) is 19.5 Å². The summed E-state index contributed by atoms with van der Waals surface area (Å²) in [5.41, 5.74) is 1.77. The van der Waals surface area contributed by atoms with Crippen LogP contribution in [-0.4, -0.2) is 9.97 Å². The fourth-order valence-electron chi connectivity index (χ4n) is 1.77. The normalized spacial score (nSPS) is 14.6. The van der Waals surface area contributed by atoms with Crippen molar-refractivity contribution in [3.8, 4) is 0 Å². The Morgan fingerprint density at radius 3 is 2.93 bits per heavy atom. The molecule has 0 saturated heterocycles. The average Bonchev–Trinajstić information content (AvgIpc) is 2.63. The molecule has 0 aromatic carbocycles. The van der Waals surface area contributed by atoms with E-state index in [1.807, 2.05) is 0 Å². The quantitative estimate of drug-likeness (QED) is 0.776. The molecule has 0 spiro atoms. The fraction of sp³-hybridized carbons (Fsp3) is 0.636. The lowest BCUT2D eigenvalue weighted by molar-refractivity contribution is 0.572. The van der Waals surface area contributed by atoms with Gasteiger partial charge in [-0.2, -0.15) is 0 Å². The van der Waals surface area contributed by atoms with E-state index in [1.165, 1.54) is 0 Å². The Bertz CT molecular complexity index is 409. The lowest BCUT2D eigenvalue weighted by Gasteiger charge is -2.05. The van der Waals surface area contributed by atoms with E-state index in [4.69, 9.17) is 0 Å². The zero-order valence-corrected chi connectivity index (χ0v) is 9.26. The van der Waals surface area contributed by atoms with Crippen LogP contribution < -0.4 is 10.9 Å². The molecule has 0 aliphatic carbocycles. The van der Waals surface area contributed by atoms with Crippen LogP contribution in [0.3, 0.4) is 0 Å². The summed E-state index contributed by atoms with van der Waals surface area (Å²) in [6.45, 7) is 5.73. The van der Waals surface area contributed by atoms with Crippen molar-refractivity contribution in [3.05, 3.63) is 27.4 Å². The fourth-order valence-corrected chi connectivity index (χ4v) is 1.77. The maximum absolute atomic E-state index is 11.6. The molecule has 2 heterocycles. The number of nitrogens with one attached hydrogen (secondary N) is 2. The highest BCUT2D eigenvalue weighted by Gasteiger charge is 2.16. The lowest BCUT2D eigenvalue weighted by atomic mass is 10.1. The van der Waals surface area contributed by atoms with E-state index in [9.17, 15) is 4.79 Å². The molecule has 2 N–H and O–H groups in total. The number of hydrogen-bond donors (Lipinski definition) is 2. The molecule has 0 saturated carbocycles. The number of rotatable bonds is 3. The van der Waals surface area contributed by atoms with Gasteiger partial charge in [0.2, 0.25) is 0 Å². The first-order chi connectivity index (χ1) is 7.16. The summed E-state index contributed by atoms with van der Waals surface area (Å²) in [7, 11) is 0. The summed E-state index contributed by atoms with van der Waals surface area (Å²) in [4.78, 5) is 19.0. The Labute approximate surface area is 89.1 Å². The highest BCUT2D eigenvalue weighted by molar-refractivity contribution is 5.21. The Morgan fingerprint density at radius 1 is 1.40 bits per heavy atom. The van der Waals surface area contributed by atoms with Crippen molar-refractivity contribution in [2.24, 2.45) is 5.92 Å². The van der Waals surface area contributed by atoms with E-state index in [0.29, 0.717) is 12.5 Å². The van der Waals surface area contributed by atoms with Crippen molar-refractivity contribution in [2.75, 3.05) is 0 Å². The molecule has 4 nitrogen and oxygen atoms in total. The van der Waals surface area contributed by atoms with Crippen molar-refractivity contribution in [1.29, 1.82) is 0 Å². The summed E-state index contributed by atoms with van der Waals surface area (Å²) in [6.07, 6.45) is 1.93. The first-order valence-electron chi connectivity index (χ1n) is 5.48. The summed E-state index contributed by atoms with van der Waals surface area (Å²) in [5, 5.41) is 3.14. The van der Waals surface area contributed by atoms with Crippen LogP contribution in [0.15, 0.2) is 4.79 Å². The zero-order valence-electron chi connectivity index (χ0n) is 9.26. The van der Waals surface area contributed by atoms with Crippen LogP contribution in [0.1, 0.15) is 37.4 Å². The largest absolute Gasteiger partial charge is 0.310 e. The number of nitrogens with zero attached hydrogens (tertiary/aromatic N) is 1. The van der Waals surface area contributed by atoms with Gasteiger partial charge in [0, 0.05) is 19.5 Å². The van der Waals surface area contributed by atoms with Gasteiger partial charge in [0.05, 0.1) is 11.3 Å². The van der Waals surface area contributed by atoms with Crippen LogP contribution in [0.2, 0.25) is 0 Å². The number of aromatic nitrogens is 2. The molecule has 0 atom stereocenters. The number of aromatic amines is 1. The molecule has 0 radical (unpaired) electrons. The molecule has 0 bridgehead atoms. The lowest BCUT2D eigenvalue weighted by Crippen LogP contribution is -2.17. The monoisotopic (exact) mass is 207 g/mol. The third-order valence-corrected chi connectivity index (χ3v) is 2.70. The van der Waals surface area contributed by atoms with E-state index in [0.717, 1.165) is 36.5 Å². The van der Waals surface area contributed by atoms with Gasteiger partial charge in [-0.05, 0) is 12.3 Å². The van der Waals surface area contributed by atoms with E-state index >= 15 is 0 Å². The van der Waals surface area contributed by atoms with E-state index in [2.05, 4.69) is 29.1 Å². The highest BCUT2D eigenvalue weighted by Crippen LogP contribution is 2.09. The van der Waals surface area contributed by atoms with Gasteiger partial charge >= 0.3 is 0 Å². The Hall–Kier alpha value is -1.16. The molecule has 4 heteroatoms. The first-order valence-corrected chi connectivity index (χ1v) is 5.48. The SMILES string of the molecule is CC(C)CCc1nc2c(c(=O)[nH]1)CNC2. The van der Waals surface area contributed by atoms with E-state index < -0.39 is 0 Å². The highest BCUT2D eigenvalue weighted by atomic mass is 16.1. The third-order valence-electron chi connectivity index (χ3n) is 2.70. The zero-order chi connectivity index (χ0) is 10.8. The predicted molar refractivity (Wildman–Crippen MR) is 58.6 cm³/mol. The summed E-state index contributed by atoms with van der Waals surface area (Å²) in [5.74, 6) is 1.47. The molecule has 0 unspecified atom stereocenters. The minimum absolute atomic E-state index is 0.0313. The Balaban J connectivity index is 2.20. The molecule has 1 aromatic heterocycles. The molecule has 0 amide bonds.